The van der Waals surface area contributed by atoms with Gasteiger partial charge in [-0.05, 0) is 189 Å². The summed E-state index contributed by atoms with van der Waals surface area (Å²) in [6, 6.07) is 38.8. The van der Waals surface area contributed by atoms with E-state index in [2.05, 4.69) is 65.1 Å². The summed E-state index contributed by atoms with van der Waals surface area (Å²) in [7, 11) is 7.97. The Morgan fingerprint density at radius 2 is 0.769 bits per heavy atom. The molecule has 104 heavy (non-hydrogen) atoms. The van der Waals surface area contributed by atoms with Crippen LogP contribution in [0.1, 0.15) is 92.6 Å². The van der Waals surface area contributed by atoms with Crippen LogP contribution in [0.15, 0.2) is 126 Å². The minimum absolute atomic E-state index is 0.106. The van der Waals surface area contributed by atoms with E-state index in [4.69, 9.17) is 52.5 Å². The molecule has 2 N–H and O–H groups in total. The number of carbonyl (C=O) groups excluding carboxylic acids is 3. The van der Waals surface area contributed by atoms with Crippen LogP contribution in [0.2, 0.25) is 0 Å². The molecule has 8 aliphatic heterocycles. The van der Waals surface area contributed by atoms with Crippen LogP contribution in [0.3, 0.4) is 0 Å². The quantitative estimate of drug-likeness (QED) is 0.137. The van der Waals surface area contributed by atoms with E-state index in [9.17, 15) is 19.2 Å². The number of ether oxygens (including phenoxy) is 10. The van der Waals surface area contributed by atoms with E-state index in [1.807, 2.05) is 158 Å². The Balaban J connectivity index is 0.000000150. The van der Waals surface area contributed by atoms with E-state index >= 15 is 0 Å². The number of nitrogens with one attached hydrogen (secondary N) is 1. The number of anilines is 3. The van der Waals surface area contributed by atoms with Crippen molar-refractivity contribution in [2.45, 2.75) is 85.1 Å². The number of piperazine rings is 3. The van der Waals surface area contributed by atoms with Crippen molar-refractivity contribution in [2.75, 3.05) is 187 Å². The van der Waals surface area contributed by atoms with Crippen molar-refractivity contribution in [3.63, 3.8) is 0 Å². The molecule has 0 spiro atoms. The van der Waals surface area contributed by atoms with Gasteiger partial charge in [-0.15, -0.1) is 0 Å². The maximum Gasteiger partial charge on any atom is 0.410 e. The van der Waals surface area contributed by atoms with Gasteiger partial charge in [-0.1, -0.05) is 48.5 Å². The van der Waals surface area contributed by atoms with E-state index in [0.29, 0.717) is 84.6 Å². The number of halogens is 1. The number of carboxylic acids is 1. The summed E-state index contributed by atoms with van der Waals surface area (Å²) in [6.45, 7) is 29.0. The van der Waals surface area contributed by atoms with E-state index in [-0.39, 0.29) is 23.7 Å². The summed E-state index contributed by atoms with van der Waals surface area (Å²) in [4.78, 5) is 63.7. The van der Waals surface area contributed by atoms with Gasteiger partial charge in [-0.25, -0.2) is 14.4 Å². The minimum atomic E-state index is -0.874. The molecular weight excluding hydrogens is 1390 g/mol. The molecule has 6 aromatic carbocycles. The van der Waals surface area contributed by atoms with Crippen molar-refractivity contribution in [3.05, 3.63) is 148 Å². The predicted octanol–water partition coefficient (Wildman–Crippen LogP) is 11.9. The maximum atomic E-state index is 13.0. The number of hydrogen-bond donors (Lipinski definition) is 2. The van der Waals surface area contributed by atoms with E-state index in [1.165, 1.54) is 24.9 Å². The van der Waals surface area contributed by atoms with Crippen molar-refractivity contribution in [2.24, 2.45) is 0 Å². The SMILES string of the molecule is Brc1cccc2c1OCCO2.CC(C)(C)OC(=O)N1CCN(c2cccc3c2OCCO3)CC1.CC(C)(C)OC(=O)N1CCNCC1.CN(C)Cc1cccc(C(=O)N2CCN(c3cccc4c3OCCO4)CC2)c1.CN(C)Cc1cccc(C(=O)O)c1.c1cc2c(c(N3CCCCC3)c1)OCCO2. The Morgan fingerprint density at radius 3 is 1.17 bits per heavy atom. The lowest BCUT2D eigenvalue weighted by Crippen LogP contribution is -2.50. The molecule has 24 nitrogen and oxygen atoms in total. The Morgan fingerprint density at radius 1 is 0.423 bits per heavy atom. The molecule has 8 heterocycles. The van der Waals surface area contributed by atoms with Crippen LogP contribution in [-0.2, 0) is 22.6 Å². The standard InChI is InChI=1S/C22H27N3O3.C17H24N2O4.C13H17NO2.C10H13NO2.C9H18N2O2.C8H7BrO2/c1-23(2)16-17-5-3-6-18(15-17)22(26)25-11-9-24(10-12-25)19-7-4-8-20-21(19)28-14-13-27-20;1-17(2,3)23-16(20)19-9-7-18(8-10-19)13-5-4-6-14-15(13)22-12-11-21-14;1-2-7-14(8-3-1)11-5-4-6-12-13(11)16-10-9-15-12;1-11(2)7-8-4-3-5-9(6-8)10(12)13;1-9(2,3)13-8(12)11-6-4-10-5-7-11;9-6-2-1-3-7-8(6)11-5-4-10-7/h3-8,15H,9-14,16H2,1-2H3;4-6H,7-12H2,1-3H3;4-6H,1-3,7-10H2;3-6H,7H2,1-2H3,(H,12,13);10H,4-7H2,1-3H3;1-3H,4-5H2. The third-order valence-electron chi connectivity index (χ3n) is 17.1. The van der Waals surface area contributed by atoms with E-state index in [1.54, 1.807) is 28.0 Å². The smallest absolute Gasteiger partial charge is 0.410 e. The van der Waals surface area contributed by atoms with E-state index in [0.717, 1.165) is 157 Å². The molecule has 0 atom stereocenters. The average molecular weight is 1500 g/mol. The first-order valence-electron chi connectivity index (χ1n) is 36.1. The molecule has 0 aromatic heterocycles. The Kier molecular flexibility index (Phi) is 29.4. The van der Waals surface area contributed by atoms with Gasteiger partial charge in [-0.3, -0.25) is 4.79 Å². The van der Waals surface area contributed by atoms with Gasteiger partial charge in [0, 0.05) is 110 Å². The second-order valence-corrected chi connectivity index (χ2v) is 29.2. The summed E-state index contributed by atoms with van der Waals surface area (Å²) in [6.07, 6.45) is 3.47. The lowest BCUT2D eigenvalue weighted by molar-refractivity contribution is 0.0222. The molecule has 0 bridgehead atoms. The van der Waals surface area contributed by atoms with Gasteiger partial charge < -0.3 is 97.0 Å². The minimum Gasteiger partial charge on any atom is -0.486 e. The Labute approximate surface area is 621 Å². The number of hydrogen-bond acceptors (Lipinski definition) is 20. The molecule has 0 radical (unpaired) electrons. The van der Waals surface area contributed by atoms with Gasteiger partial charge in [0.25, 0.3) is 5.91 Å². The molecule has 25 heteroatoms. The average Bonchev–Trinajstić information content (AvgIpc) is 0.807. The van der Waals surface area contributed by atoms with Gasteiger partial charge >= 0.3 is 18.2 Å². The van der Waals surface area contributed by atoms with Crippen molar-refractivity contribution >= 4 is 57.1 Å². The second kappa shape index (κ2) is 38.6. The first-order chi connectivity index (χ1) is 50.0. The number of fused-ring (bicyclic) bond motifs is 4. The molecule has 0 saturated carbocycles. The Bertz CT molecular complexity index is 3750. The number of para-hydroxylation sites is 4. The summed E-state index contributed by atoms with van der Waals surface area (Å²) >= 11 is 3.38. The highest BCUT2D eigenvalue weighted by atomic mass is 79.9. The number of carbonyl (C=O) groups is 4. The van der Waals surface area contributed by atoms with Crippen LogP contribution in [0.4, 0.5) is 26.7 Å². The number of amides is 3. The van der Waals surface area contributed by atoms with Crippen LogP contribution in [-0.4, -0.2) is 238 Å². The van der Waals surface area contributed by atoms with Crippen LogP contribution in [0.5, 0.6) is 46.0 Å². The molecule has 4 saturated heterocycles. The van der Waals surface area contributed by atoms with Crippen molar-refractivity contribution in [1.29, 1.82) is 0 Å². The highest BCUT2D eigenvalue weighted by molar-refractivity contribution is 9.10. The third kappa shape index (κ3) is 24.0. The van der Waals surface area contributed by atoms with Gasteiger partial charge in [0.1, 0.15) is 64.1 Å². The number of piperidine rings is 1. The zero-order valence-electron chi connectivity index (χ0n) is 62.3. The van der Waals surface area contributed by atoms with Crippen molar-refractivity contribution < 1.29 is 71.7 Å². The maximum absolute atomic E-state index is 13.0. The fourth-order valence-electron chi connectivity index (χ4n) is 12.4. The van der Waals surface area contributed by atoms with Gasteiger partial charge in [0.15, 0.2) is 46.0 Å². The topological polar surface area (TPSA) is 219 Å². The highest BCUT2D eigenvalue weighted by Crippen LogP contribution is 2.43. The van der Waals surface area contributed by atoms with Gasteiger partial charge in [-0.2, -0.15) is 0 Å². The highest BCUT2D eigenvalue weighted by Gasteiger charge is 2.31. The fraction of sp³-hybridized carbons (Fsp3) is 0.494. The molecule has 564 valence electrons. The summed E-state index contributed by atoms with van der Waals surface area (Å²) in [5, 5.41) is 11.9. The van der Waals surface area contributed by atoms with Crippen LogP contribution >= 0.6 is 15.9 Å². The molecule has 6 aromatic rings. The summed E-state index contributed by atoms with van der Waals surface area (Å²) in [5.74, 6) is 5.95. The van der Waals surface area contributed by atoms with Crippen molar-refractivity contribution in [3.8, 4) is 46.0 Å². The Hall–Kier alpha value is -9.04. The number of rotatable bonds is 9. The second-order valence-electron chi connectivity index (χ2n) is 28.3. The van der Waals surface area contributed by atoms with Crippen molar-refractivity contribution in [1.82, 2.24) is 29.8 Å². The molecule has 3 amide bonds. The normalized spacial score (nSPS) is 16.5. The van der Waals surface area contributed by atoms with Gasteiger partial charge in [0.2, 0.25) is 0 Å². The summed E-state index contributed by atoms with van der Waals surface area (Å²) < 4.78 is 56.6. The number of aromatic carboxylic acids is 1. The molecule has 0 unspecified atom stereocenters. The zero-order chi connectivity index (χ0) is 74.2. The number of nitrogens with zero attached hydrogens (tertiary/aromatic N) is 8. The van der Waals surface area contributed by atoms with Crippen LogP contribution < -0.4 is 57.9 Å². The van der Waals surface area contributed by atoms with Crippen LogP contribution in [0, 0.1) is 0 Å². The molecule has 0 aliphatic carbocycles. The first-order valence-corrected chi connectivity index (χ1v) is 36.9. The lowest BCUT2D eigenvalue weighted by Gasteiger charge is -2.37. The number of carboxylic acid groups (broad SMARTS) is 1. The van der Waals surface area contributed by atoms with Gasteiger partial charge in [0.05, 0.1) is 27.1 Å². The fourth-order valence-corrected chi connectivity index (χ4v) is 12.9. The number of benzene rings is 6. The van der Waals surface area contributed by atoms with Crippen LogP contribution in [0.25, 0.3) is 0 Å². The third-order valence-corrected chi connectivity index (χ3v) is 17.8. The predicted molar refractivity (Wildman–Crippen MR) is 407 cm³/mol. The first kappa shape index (κ1) is 79.1. The summed E-state index contributed by atoms with van der Waals surface area (Å²) in [5.41, 5.74) is 5.73. The molecule has 4 fully saturated rings. The molecular formula is C79H106BrN9O15. The van der Waals surface area contributed by atoms with E-state index < -0.39 is 11.6 Å². The lowest BCUT2D eigenvalue weighted by atomic mass is 10.1. The monoisotopic (exact) mass is 1500 g/mol. The largest absolute Gasteiger partial charge is 0.486 e. The zero-order valence-corrected chi connectivity index (χ0v) is 63.8. The molecule has 8 aliphatic rings. The molecule has 14 rings (SSSR count).